The molecule has 0 aliphatic carbocycles. The molecule has 11 nitrogen and oxygen atoms in total. The lowest BCUT2D eigenvalue weighted by Crippen LogP contribution is -2.48. The van der Waals surface area contributed by atoms with Crippen molar-refractivity contribution < 1.29 is 26.4 Å². The van der Waals surface area contributed by atoms with Crippen molar-refractivity contribution >= 4 is 39.1 Å². The van der Waals surface area contributed by atoms with Crippen LogP contribution >= 0.6 is 0 Å². The summed E-state index contributed by atoms with van der Waals surface area (Å²) in [4.78, 5) is 18.6. The van der Waals surface area contributed by atoms with Gasteiger partial charge in [-0.15, -0.1) is 5.10 Å². The molecule has 0 unspecified atom stereocenters. The molecule has 0 spiro atoms. The van der Waals surface area contributed by atoms with Gasteiger partial charge in [-0.3, -0.25) is 4.79 Å². The number of amides is 1. The van der Waals surface area contributed by atoms with Gasteiger partial charge in [0.1, 0.15) is 5.82 Å². The van der Waals surface area contributed by atoms with E-state index in [0.29, 0.717) is 37.7 Å². The second kappa shape index (κ2) is 9.07. The summed E-state index contributed by atoms with van der Waals surface area (Å²) >= 11 is 0. The van der Waals surface area contributed by atoms with E-state index in [1.165, 1.54) is 28.9 Å². The number of rotatable bonds is 6. The second-order valence-corrected chi connectivity index (χ2v) is 9.13. The molecule has 174 valence electrons. The molecule has 1 aliphatic rings. The molecule has 3 heterocycles. The molecule has 0 atom stereocenters. The number of nitrogens with one attached hydrogen (secondary N) is 2. The molecule has 1 aromatic carbocycles. The molecule has 2 aromatic heterocycles. The van der Waals surface area contributed by atoms with Gasteiger partial charge in [0.2, 0.25) is 10.0 Å². The van der Waals surface area contributed by atoms with Crippen LogP contribution in [0.3, 0.4) is 0 Å². The van der Waals surface area contributed by atoms with E-state index in [0.717, 1.165) is 6.07 Å². The molecule has 0 bridgehead atoms. The standard InChI is InChI=1S/C19H19F2N7O4S/c1-33(30,31)28-9-7-27(8-10-28)15-6-5-12(11-22-15)23-17(29)18-25-26-19(32-18)24-14-4-2-3-13(20)16(14)21/h2-6,11H,7-10H2,1H3,(H,23,29)(H,24,26). The Hall–Kier alpha value is -3.65. The maximum absolute atomic E-state index is 13.7. The number of piperazine rings is 1. The fourth-order valence-corrected chi connectivity index (χ4v) is 3.99. The maximum atomic E-state index is 13.7. The molecular weight excluding hydrogens is 460 g/mol. The summed E-state index contributed by atoms with van der Waals surface area (Å²) in [5.41, 5.74) is 0.144. The first kappa shape index (κ1) is 22.5. The van der Waals surface area contributed by atoms with Gasteiger partial charge in [-0.2, -0.15) is 4.31 Å². The lowest BCUT2D eigenvalue weighted by molar-refractivity contribution is 0.0991. The van der Waals surface area contributed by atoms with Gasteiger partial charge in [-0.1, -0.05) is 11.2 Å². The van der Waals surface area contributed by atoms with Gasteiger partial charge in [0.15, 0.2) is 11.6 Å². The summed E-state index contributed by atoms with van der Waals surface area (Å²) in [6.45, 7) is 1.73. The maximum Gasteiger partial charge on any atom is 0.320 e. The Balaban J connectivity index is 1.35. The third-order valence-electron chi connectivity index (χ3n) is 4.85. The second-order valence-electron chi connectivity index (χ2n) is 7.15. The zero-order chi connectivity index (χ0) is 23.6. The van der Waals surface area contributed by atoms with Crippen LogP contribution < -0.4 is 15.5 Å². The highest BCUT2D eigenvalue weighted by Gasteiger charge is 2.24. The molecule has 1 aliphatic heterocycles. The van der Waals surface area contributed by atoms with Gasteiger partial charge in [0.05, 0.1) is 23.8 Å². The molecule has 3 aromatic rings. The van der Waals surface area contributed by atoms with E-state index in [9.17, 15) is 22.0 Å². The number of carbonyl (C=O) groups excluding carboxylic acids is 1. The quantitative estimate of drug-likeness (QED) is 0.543. The lowest BCUT2D eigenvalue weighted by atomic mass is 10.3. The number of pyridine rings is 1. The van der Waals surface area contributed by atoms with Crippen molar-refractivity contribution in [3.63, 3.8) is 0 Å². The molecule has 33 heavy (non-hydrogen) atoms. The summed E-state index contributed by atoms with van der Waals surface area (Å²) in [6.07, 6.45) is 2.62. The van der Waals surface area contributed by atoms with Gasteiger partial charge in [-0.25, -0.2) is 22.2 Å². The van der Waals surface area contributed by atoms with Crippen LogP contribution in [0.4, 0.5) is 32.0 Å². The molecule has 2 N–H and O–H groups in total. The van der Waals surface area contributed by atoms with Crippen LogP contribution in [-0.2, 0) is 10.0 Å². The number of carbonyl (C=O) groups is 1. The number of hydrogen-bond donors (Lipinski definition) is 2. The topological polar surface area (TPSA) is 134 Å². The Morgan fingerprint density at radius 2 is 1.85 bits per heavy atom. The lowest BCUT2D eigenvalue weighted by Gasteiger charge is -2.33. The zero-order valence-electron chi connectivity index (χ0n) is 17.3. The first-order valence-electron chi connectivity index (χ1n) is 9.73. The van der Waals surface area contributed by atoms with E-state index in [1.54, 1.807) is 12.1 Å². The van der Waals surface area contributed by atoms with Crippen molar-refractivity contribution in [1.82, 2.24) is 19.5 Å². The predicted octanol–water partition coefficient (Wildman–Crippen LogP) is 1.82. The number of sulfonamides is 1. The monoisotopic (exact) mass is 479 g/mol. The predicted molar refractivity (Wildman–Crippen MR) is 115 cm³/mol. The molecule has 0 radical (unpaired) electrons. The highest BCUT2D eigenvalue weighted by Crippen LogP contribution is 2.22. The normalized spacial score (nSPS) is 14.8. The Morgan fingerprint density at radius 3 is 2.52 bits per heavy atom. The van der Waals surface area contributed by atoms with Crippen LogP contribution in [0.1, 0.15) is 10.7 Å². The van der Waals surface area contributed by atoms with Crippen LogP contribution in [0, 0.1) is 11.6 Å². The van der Waals surface area contributed by atoms with E-state index in [4.69, 9.17) is 4.42 Å². The average Bonchev–Trinajstić information content (AvgIpc) is 3.26. The van der Waals surface area contributed by atoms with Crippen molar-refractivity contribution in [2.45, 2.75) is 0 Å². The van der Waals surface area contributed by atoms with Gasteiger partial charge >= 0.3 is 17.8 Å². The van der Waals surface area contributed by atoms with Crippen molar-refractivity contribution in [3.05, 3.63) is 54.1 Å². The average molecular weight is 479 g/mol. The first-order valence-corrected chi connectivity index (χ1v) is 11.6. The molecule has 1 saturated heterocycles. The fourth-order valence-electron chi connectivity index (χ4n) is 3.16. The smallest absolute Gasteiger partial charge is 0.320 e. The number of aromatic nitrogens is 3. The number of nitrogens with zero attached hydrogens (tertiary/aromatic N) is 5. The van der Waals surface area contributed by atoms with Crippen LogP contribution in [0.5, 0.6) is 0 Å². The van der Waals surface area contributed by atoms with Crippen molar-refractivity contribution in [2.24, 2.45) is 0 Å². The fraction of sp³-hybridized carbons (Fsp3) is 0.263. The van der Waals surface area contributed by atoms with Gasteiger partial charge in [-0.05, 0) is 24.3 Å². The third-order valence-corrected chi connectivity index (χ3v) is 6.15. The number of anilines is 4. The minimum Gasteiger partial charge on any atom is -0.399 e. The van der Waals surface area contributed by atoms with E-state index < -0.39 is 33.5 Å². The molecule has 14 heteroatoms. The Bertz CT molecular complexity index is 1260. The van der Waals surface area contributed by atoms with Gasteiger partial charge in [0, 0.05) is 26.2 Å². The Morgan fingerprint density at radius 1 is 1.09 bits per heavy atom. The largest absolute Gasteiger partial charge is 0.399 e. The SMILES string of the molecule is CS(=O)(=O)N1CCN(c2ccc(NC(=O)c3nnc(Nc4cccc(F)c4F)o3)cn2)CC1. The van der Waals surface area contributed by atoms with Crippen molar-refractivity contribution in [2.75, 3.05) is 48.0 Å². The Labute approximate surface area is 187 Å². The van der Waals surface area contributed by atoms with Crippen LogP contribution in [-0.4, -0.2) is 66.2 Å². The molecular formula is C19H19F2N7O4S. The van der Waals surface area contributed by atoms with Crippen molar-refractivity contribution in [3.8, 4) is 0 Å². The first-order chi connectivity index (χ1) is 15.7. The third kappa shape index (κ3) is 5.23. The van der Waals surface area contributed by atoms with Crippen LogP contribution in [0.15, 0.2) is 40.9 Å². The Kier molecular flexibility index (Phi) is 6.20. The highest BCUT2D eigenvalue weighted by atomic mass is 32.2. The molecule has 1 fully saturated rings. The summed E-state index contributed by atoms with van der Waals surface area (Å²) in [5.74, 6) is -2.64. The molecule has 0 saturated carbocycles. The van der Waals surface area contributed by atoms with E-state index in [-0.39, 0.29) is 11.7 Å². The summed E-state index contributed by atoms with van der Waals surface area (Å²) in [7, 11) is -3.22. The summed E-state index contributed by atoms with van der Waals surface area (Å²) in [5, 5.41) is 12.1. The van der Waals surface area contributed by atoms with Crippen LogP contribution in [0.2, 0.25) is 0 Å². The number of hydrogen-bond acceptors (Lipinski definition) is 9. The summed E-state index contributed by atoms with van der Waals surface area (Å²) < 4.78 is 56.8. The minimum atomic E-state index is -3.22. The minimum absolute atomic E-state index is 0.220. The molecule has 1 amide bonds. The van der Waals surface area contributed by atoms with E-state index in [1.807, 2.05) is 4.90 Å². The van der Waals surface area contributed by atoms with E-state index >= 15 is 0 Å². The van der Waals surface area contributed by atoms with Crippen molar-refractivity contribution in [1.29, 1.82) is 0 Å². The van der Waals surface area contributed by atoms with Gasteiger partial charge < -0.3 is 20.0 Å². The van der Waals surface area contributed by atoms with E-state index in [2.05, 4.69) is 25.8 Å². The van der Waals surface area contributed by atoms with Gasteiger partial charge in [0.25, 0.3) is 0 Å². The highest BCUT2D eigenvalue weighted by molar-refractivity contribution is 7.88. The molecule has 4 rings (SSSR count). The van der Waals surface area contributed by atoms with Crippen LogP contribution in [0.25, 0.3) is 0 Å². The summed E-state index contributed by atoms with van der Waals surface area (Å²) in [6, 6.07) is 6.57. The zero-order valence-corrected chi connectivity index (χ0v) is 18.1. The number of halogens is 2. The number of benzene rings is 1.